The average Bonchev–Trinajstić information content (AvgIpc) is 2.32. The molecule has 2 rings (SSSR count). The fourth-order valence-electron chi connectivity index (χ4n) is 1.78. The number of nitrogen functional groups attached to an aromatic ring is 1. The molecule has 0 atom stereocenters. The van der Waals surface area contributed by atoms with E-state index in [1.54, 1.807) is 24.3 Å². The molecule has 0 heterocycles. The molecule has 0 aliphatic rings. The maximum atomic E-state index is 12.4. The predicted molar refractivity (Wildman–Crippen MR) is 75.5 cm³/mol. The van der Waals surface area contributed by atoms with E-state index in [0.29, 0.717) is 26.9 Å². The quantitative estimate of drug-likeness (QED) is 0.664. The number of hydrogen-bond acceptors (Lipinski definition) is 2. The van der Waals surface area contributed by atoms with E-state index in [1.807, 2.05) is 19.1 Å². The van der Waals surface area contributed by atoms with Crippen molar-refractivity contribution in [3.8, 4) is 0 Å². The summed E-state index contributed by atoms with van der Waals surface area (Å²) in [5.74, 6) is -0.149. The van der Waals surface area contributed by atoms with Gasteiger partial charge in [-0.25, -0.2) is 0 Å². The van der Waals surface area contributed by atoms with Gasteiger partial charge >= 0.3 is 0 Å². The number of hydrogen-bond donors (Lipinski definition) is 1. The van der Waals surface area contributed by atoms with Crippen LogP contribution in [0.1, 0.15) is 21.5 Å². The van der Waals surface area contributed by atoms with Gasteiger partial charge in [0.25, 0.3) is 0 Å². The molecule has 0 aromatic heterocycles. The maximum Gasteiger partial charge on any atom is 0.195 e. The van der Waals surface area contributed by atoms with Gasteiger partial charge in [0.1, 0.15) is 0 Å². The SMILES string of the molecule is Cc1cccc(N)c1C(=O)c1ccc(Cl)c(Cl)c1. The third kappa shape index (κ3) is 2.35. The van der Waals surface area contributed by atoms with Crippen LogP contribution in [0.2, 0.25) is 10.0 Å². The maximum absolute atomic E-state index is 12.4. The Bertz CT molecular complexity index is 603. The first kappa shape index (κ1) is 12.9. The number of carbonyl (C=O) groups is 1. The lowest BCUT2D eigenvalue weighted by atomic mass is 9.97. The van der Waals surface area contributed by atoms with Crippen LogP contribution in [0.25, 0.3) is 0 Å². The topological polar surface area (TPSA) is 43.1 Å². The largest absolute Gasteiger partial charge is 0.398 e. The first-order valence-corrected chi connectivity index (χ1v) is 6.11. The molecule has 4 heteroatoms. The summed E-state index contributed by atoms with van der Waals surface area (Å²) in [6.45, 7) is 1.85. The summed E-state index contributed by atoms with van der Waals surface area (Å²) in [5.41, 5.74) is 8.14. The number of aryl methyl sites for hydroxylation is 1. The van der Waals surface area contributed by atoms with E-state index in [2.05, 4.69) is 0 Å². The van der Waals surface area contributed by atoms with Crippen molar-refractivity contribution in [2.45, 2.75) is 6.92 Å². The second-order valence-corrected chi connectivity index (χ2v) is 4.81. The van der Waals surface area contributed by atoms with Crippen molar-refractivity contribution >= 4 is 34.7 Å². The van der Waals surface area contributed by atoms with Gasteiger partial charge in [-0.1, -0.05) is 35.3 Å². The van der Waals surface area contributed by atoms with Crippen molar-refractivity contribution in [1.29, 1.82) is 0 Å². The van der Waals surface area contributed by atoms with Crippen molar-refractivity contribution in [3.05, 3.63) is 63.1 Å². The Labute approximate surface area is 115 Å². The summed E-state index contributed by atoms with van der Waals surface area (Å²) in [6.07, 6.45) is 0. The Morgan fingerprint density at radius 3 is 2.44 bits per heavy atom. The summed E-state index contributed by atoms with van der Waals surface area (Å²) in [6, 6.07) is 10.2. The van der Waals surface area contributed by atoms with Crippen LogP contribution in [0.3, 0.4) is 0 Å². The Hall–Kier alpha value is -1.51. The molecule has 2 aromatic rings. The normalized spacial score (nSPS) is 10.4. The van der Waals surface area contributed by atoms with E-state index in [9.17, 15) is 4.79 Å². The van der Waals surface area contributed by atoms with Crippen LogP contribution in [0, 0.1) is 6.92 Å². The zero-order chi connectivity index (χ0) is 13.3. The molecule has 0 radical (unpaired) electrons. The molecule has 2 aromatic carbocycles. The minimum atomic E-state index is -0.149. The Kier molecular flexibility index (Phi) is 3.60. The molecule has 0 aliphatic heterocycles. The first-order valence-electron chi connectivity index (χ1n) is 5.35. The highest BCUT2D eigenvalue weighted by Gasteiger charge is 2.15. The summed E-state index contributed by atoms with van der Waals surface area (Å²) in [5, 5.41) is 0.778. The zero-order valence-electron chi connectivity index (χ0n) is 9.71. The molecule has 92 valence electrons. The van der Waals surface area contributed by atoms with Gasteiger partial charge in [0.2, 0.25) is 0 Å². The third-order valence-electron chi connectivity index (χ3n) is 2.71. The van der Waals surface area contributed by atoms with Gasteiger partial charge in [0.05, 0.1) is 10.0 Å². The van der Waals surface area contributed by atoms with Crippen molar-refractivity contribution in [2.24, 2.45) is 0 Å². The minimum Gasteiger partial charge on any atom is -0.398 e. The lowest BCUT2D eigenvalue weighted by Gasteiger charge is -2.08. The molecule has 0 saturated carbocycles. The fourth-order valence-corrected chi connectivity index (χ4v) is 2.08. The smallest absolute Gasteiger partial charge is 0.195 e. The molecule has 0 saturated heterocycles. The molecular weight excluding hydrogens is 269 g/mol. The van der Waals surface area contributed by atoms with Crippen LogP contribution < -0.4 is 5.73 Å². The molecule has 2 nitrogen and oxygen atoms in total. The van der Waals surface area contributed by atoms with E-state index < -0.39 is 0 Å². The minimum absolute atomic E-state index is 0.149. The van der Waals surface area contributed by atoms with Gasteiger partial charge in [-0.15, -0.1) is 0 Å². The van der Waals surface area contributed by atoms with Crippen LogP contribution in [0.4, 0.5) is 5.69 Å². The van der Waals surface area contributed by atoms with Crippen LogP contribution in [0.15, 0.2) is 36.4 Å². The lowest BCUT2D eigenvalue weighted by molar-refractivity contribution is 0.103. The van der Waals surface area contributed by atoms with Crippen LogP contribution >= 0.6 is 23.2 Å². The fraction of sp³-hybridized carbons (Fsp3) is 0.0714. The van der Waals surface area contributed by atoms with Crippen LogP contribution in [-0.4, -0.2) is 5.78 Å². The van der Waals surface area contributed by atoms with Crippen molar-refractivity contribution in [2.75, 3.05) is 5.73 Å². The Morgan fingerprint density at radius 1 is 1.11 bits per heavy atom. The standard InChI is InChI=1S/C14H11Cl2NO/c1-8-3-2-4-12(17)13(8)14(18)9-5-6-10(15)11(16)7-9/h2-7H,17H2,1H3. The first-order chi connectivity index (χ1) is 8.50. The highest BCUT2D eigenvalue weighted by molar-refractivity contribution is 6.42. The number of carbonyl (C=O) groups excluding carboxylic acids is 1. The summed E-state index contributed by atoms with van der Waals surface area (Å²) >= 11 is 11.7. The van der Waals surface area contributed by atoms with Crippen molar-refractivity contribution in [1.82, 2.24) is 0 Å². The highest BCUT2D eigenvalue weighted by Crippen LogP contribution is 2.26. The average molecular weight is 280 g/mol. The van der Waals surface area contributed by atoms with Gasteiger partial charge in [0.15, 0.2) is 5.78 Å². The third-order valence-corrected chi connectivity index (χ3v) is 3.45. The monoisotopic (exact) mass is 279 g/mol. The molecule has 18 heavy (non-hydrogen) atoms. The summed E-state index contributed by atoms with van der Waals surface area (Å²) in [7, 11) is 0. The van der Waals surface area contributed by atoms with E-state index in [4.69, 9.17) is 28.9 Å². The number of ketones is 1. The number of anilines is 1. The number of rotatable bonds is 2. The molecule has 0 aliphatic carbocycles. The summed E-state index contributed by atoms with van der Waals surface area (Å²) < 4.78 is 0. The van der Waals surface area contributed by atoms with Gasteiger partial charge in [-0.2, -0.15) is 0 Å². The van der Waals surface area contributed by atoms with Gasteiger partial charge in [0, 0.05) is 16.8 Å². The number of nitrogens with two attached hydrogens (primary N) is 1. The second kappa shape index (κ2) is 5.01. The second-order valence-electron chi connectivity index (χ2n) is 4.00. The lowest BCUT2D eigenvalue weighted by Crippen LogP contribution is -2.07. The highest BCUT2D eigenvalue weighted by atomic mass is 35.5. The Balaban J connectivity index is 2.51. The zero-order valence-corrected chi connectivity index (χ0v) is 11.2. The van der Waals surface area contributed by atoms with Crippen LogP contribution in [-0.2, 0) is 0 Å². The van der Waals surface area contributed by atoms with Crippen molar-refractivity contribution in [3.63, 3.8) is 0 Å². The molecule has 0 fully saturated rings. The molecule has 0 bridgehead atoms. The Morgan fingerprint density at radius 2 is 1.83 bits per heavy atom. The molecule has 2 N–H and O–H groups in total. The molecule has 0 spiro atoms. The summed E-state index contributed by atoms with van der Waals surface area (Å²) in [4.78, 5) is 12.4. The van der Waals surface area contributed by atoms with E-state index in [1.165, 1.54) is 0 Å². The predicted octanol–water partition coefficient (Wildman–Crippen LogP) is 4.12. The molecule has 0 unspecified atom stereocenters. The molecule has 0 amide bonds. The number of benzene rings is 2. The van der Waals surface area contributed by atoms with E-state index >= 15 is 0 Å². The number of halogens is 2. The van der Waals surface area contributed by atoms with Gasteiger partial charge < -0.3 is 5.73 Å². The molecular formula is C14H11Cl2NO. The van der Waals surface area contributed by atoms with E-state index in [0.717, 1.165) is 5.56 Å². The van der Waals surface area contributed by atoms with E-state index in [-0.39, 0.29) is 5.78 Å². The van der Waals surface area contributed by atoms with Crippen LogP contribution in [0.5, 0.6) is 0 Å². The van der Waals surface area contributed by atoms with Gasteiger partial charge in [-0.3, -0.25) is 4.79 Å². The van der Waals surface area contributed by atoms with Gasteiger partial charge in [-0.05, 0) is 36.8 Å². The van der Waals surface area contributed by atoms with Crippen molar-refractivity contribution < 1.29 is 4.79 Å².